The smallest absolute Gasteiger partial charge is 0.315 e. The molecule has 0 aromatic rings. The van der Waals surface area contributed by atoms with Gasteiger partial charge < -0.3 is 10.2 Å². The maximum absolute atomic E-state index is 11.9. The first kappa shape index (κ1) is 12.4. The van der Waals surface area contributed by atoms with Gasteiger partial charge in [-0.05, 0) is 32.7 Å². The third-order valence-electron chi connectivity index (χ3n) is 2.81. The molecular weight excluding hydrogens is 202 g/mol. The van der Waals surface area contributed by atoms with Gasteiger partial charge in [0.2, 0.25) is 0 Å². The van der Waals surface area contributed by atoms with Gasteiger partial charge in [0, 0.05) is 19.1 Å². The van der Waals surface area contributed by atoms with Crippen molar-refractivity contribution in [1.29, 1.82) is 0 Å². The Labute approximate surface area is 88.8 Å². The van der Waals surface area contributed by atoms with Crippen LogP contribution in [0.2, 0.25) is 0 Å². The predicted molar refractivity (Wildman–Crippen MR) is 53.8 cm³/mol. The number of amides is 1. The van der Waals surface area contributed by atoms with Gasteiger partial charge in [-0.25, -0.2) is 0 Å². The van der Waals surface area contributed by atoms with Gasteiger partial charge in [0.1, 0.15) is 0 Å². The Morgan fingerprint density at radius 2 is 2.20 bits per heavy atom. The Morgan fingerprint density at radius 1 is 1.53 bits per heavy atom. The summed E-state index contributed by atoms with van der Waals surface area (Å²) in [4.78, 5) is 12.9. The van der Waals surface area contributed by atoms with E-state index in [9.17, 15) is 13.6 Å². The van der Waals surface area contributed by atoms with Crippen molar-refractivity contribution in [2.45, 2.75) is 32.7 Å². The molecule has 0 spiro atoms. The molecule has 1 fully saturated rings. The summed E-state index contributed by atoms with van der Waals surface area (Å²) in [5.74, 6) is -0.840. The molecule has 1 atom stereocenters. The summed E-state index contributed by atoms with van der Waals surface area (Å²) in [5, 5.41) is 2.27. The second-order valence-corrected chi connectivity index (χ2v) is 4.29. The van der Waals surface area contributed by atoms with Crippen molar-refractivity contribution < 1.29 is 13.6 Å². The van der Waals surface area contributed by atoms with Crippen LogP contribution in [-0.4, -0.2) is 42.9 Å². The fourth-order valence-corrected chi connectivity index (χ4v) is 1.82. The number of alkyl halides is 2. The van der Waals surface area contributed by atoms with Gasteiger partial charge in [-0.3, -0.25) is 4.79 Å². The normalized spacial score (nSPS) is 22.7. The maximum atomic E-state index is 11.9. The van der Waals surface area contributed by atoms with Crippen molar-refractivity contribution in [3.8, 4) is 0 Å². The van der Waals surface area contributed by atoms with Crippen molar-refractivity contribution in [3.05, 3.63) is 0 Å². The van der Waals surface area contributed by atoms with Gasteiger partial charge >= 0.3 is 6.43 Å². The van der Waals surface area contributed by atoms with E-state index in [-0.39, 0.29) is 0 Å². The van der Waals surface area contributed by atoms with Crippen LogP contribution in [-0.2, 0) is 4.79 Å². The predicted octanol–water partition coefficient (Wildman–Crippen LogP) is 1.10. The van der Waals surface area contributed by atoms with E-state index in [0.717, 1.165) is 19.5 Å². The number of carbonyl (C=O) groups excluding carboxylic acids is 1. The lowest BCUT2D eigenvalue weighted by atomic mass is 10.1. The number of carbonyl (C=O) groups is 1. The zero-order valence-electron chi connectivity index (χ0n) is 9.17. The van der Waals surface area contributed by atoms with Gasteiger partial charge in [0.05, 0.1) is 0 Å². The number of hydrogen-bond donors (Lipinski definition) is 1. The van der Waals surface area contributed by atoms with Gasteiger partial charge in [0.25, 0.3) is 5.91 Å². The molecule has 88 valence electrons. The standard InChI is InChI=1S/C10H18F2N2O/c1-7(2)14-4-3-8(6-14)5-13-10(15)9(11)12/h7-9H,3-6H2,1-2H3,(H,13,15). The first-order valence-corrected chi connectivity index (χ1v) is 5.30. The molecule has 1 N–H and O–H groups in total. The number of nitrogens with one attached hydrogen (secondary N) is 1. The van der Waals surface area contributed by atoms with E-state index in [1.54, 1.807) is 0 Å². The zero-order chi connectivity index (χ0) is 11.4. The van der Waals surface area contributed by atoms with Crippen LogP contribution >= 0.6 is 0 Å². The zero-order valence-corrected chi connectivity index (χ0v) is 9.17. The van der Waals surface area contributed by atoms with Gasteiger partial charge in [0.15, 0.2) is 0 Å². The summed E-state index contributed by atoms with van der Waals surface area (Å²) >= 11 is 0. The molecular formula is C10H18F2N2O. The van der Waals surface area contributed by atoms with E-state index >= 15 is 0 Å². The highest BCUT2D eigenvalue weighted by Gasteiger charge is 2.25. The summed E-state index contributed by atoms with van der Waals surface area (Å²) in [6, 6.07) is 0.487. The number of likely N-dealkylation sites (tertiary alicyclic amines) is 1. The highest BCUT2D eigenvalue weighted by atomic mass is 19.3. The van der Waals surface area contributed by atoms with Gasteiger partial charge in [-0.2, -0.15) is 8.78 Å². The minimum Gasteiger partial charge on any atom is -0.351 e. The molecule has 1 aliphatic heterocycles. The first-order chi connectivity index (χ1) is 7.00. The van der Waals surface area contributed by atoms with Crippen molar-refractivity contribution in [2.24, 2.45) is 5.92 Å². The summed E-state index contributed by atoms with van der Waals surface area (Å²) in [5.41, 5.74) is 0. The molecule has 1 amide bonds. The quantitative estimate of drug-likeness (QED) is 0.769. The topological polar surface area (TPSA) is 32.3 Å². The van der Waals surface area contributed by atoms with Crippen LogP contribution in [0.1, 0.15) is 20.3 Å². The van der Waals surface area contributed by atoms with E-state index in [0.29, 0.717) is 18.5 Å². The average molecular weight is 220 g/mol. The lowest BCUT2D eigenvalue weighted by molar-refractivity contribution is -0.131. The van der Waals surface area contributed by atoms with Crippen LogP contribution in [0.25, 0.3) is 0 Å². The van der Waals surface area contributed by atoms with Crippen LogP contribution < -0.4 is 5.32 Å². The number of halogens is 2. The fourth-order valence-electron chi connectivity index (χ4n) is 1.82. The molecule has 0 bridgehead atoms. The molecule has 3 nitrogen and oxygen atoms in total. The number of hydrogen-bond acceptors (Lipinski definition) is 2. The molecule has 1 saturated heterocycles. The molecule has 1 heterocycles. The van der Waals surface area contributed by atoms with Crippen LogP contribution in [0.15, 0.2) is 0 Å². The van der Waals surface area contributed by atoms with Crippen molar-refractivity contribution >= 4 is 5.91 Å². The third-order valence-corrected chi connectivity index (χ3v) is 2.81. The summed E-state index contributed by atoms with van der Waals surface area (Å²) in [7, 11) is 0. The molecule has 1 rings (SSSR count). The second-order valence-electron chi connectivity index (χ2n) is 4.29. The highest BCUT2D eigenvalue weighted by molar-refractivity contribution is 5.79. The molecule has 0 aromatic heterocycles. The Bertz CT molecular complexity index is 221. The van der Waals surface area contributed by atoms with E-state index in [2.05, 4.69) is 24.1 Å². The molecule has 1 unspecified atom stereocenters. The second kappa shape index (κ2) is 5.39. The Morgan fingerprint density at radius 3 is 2.67 bits per heavy atom. The third kappa shape index (κ3) is 3.74. The molecule has 0 saturated carbocycles. The van der Waals surface area contributed by atoms with Gasteiger partial charge in [-0.15, -0.1) is 0 Å². The number of nitrogens with zero attached hydrogens (tertiary/aromatic N) is 1. The lowest BCUT2D eigenvalue weighted by Gasteiger charge is -2.20. The van der Waals surface area contributed by atoms with Crippen molar-refractivity contribution in [2.75, 3.05) is 19.6 Å². The Kier molecular flexibility index (Phi) is 4.45. The summed E-state index contributed by atoms with van der Waals surface area (Å²) in [6.45, 7) is 6.47. The van der Waals surface area contributed by atoms with E-state index in [1.165, 1.54) is 0 Å². The first-order valence-electron chi connectivity index (χ1n) is 5.30. The molecule has 0 aliphatic carbocycles. The Hall–Kier alpha value is -0.710. The average Bonchev–Trinajstić information content (AvgIpc) is 2.62. The van der Waals surface area contributed by atoms with E-state index in [1.807, 2.05) is 0 Å². The van der Waals surface area contributed by atoms with Crippen LogP contribution in [0.3, 0.4) is 0 Å². The lowest BCUT2D eigenvalue weighted by Crippen LogP contribution is -2.35. The molecule has 0 radical (unpaired) electrons. The van der Waals surface area contributed by atoms with Crippen molar-refractivity contribution in [1.82, 2.24) is 10.2 Å². The fraction of sp³-hybridized carbons (Fsp3) is 0.900. The number of rotatable bonds is 4. The molecule has 1 aliphatic rings. The SMILES string of the molecule is CC(C)N1CCC(CNC(=O)C(F)F)C1. The molecule has 0 aromatic carbocycles. The van der Waals surface area contributed by atoms with E-state index in [4.69, 9.17) is 0 Å². The monoisotopic (exact) mass is 220 g/mol. The minimum atomic E-state index is -2.90. The summed E-state index contributed by atoms with van der Waals surface area (Å²) < 4.78 is 23.8. The highest BCUT2D eigenvalue weighted by Crippen LogP contribution is 2.17. The van der Waals surface area contributed by atoms with Crippen LogP contribution in [0.5, 0.6) is 0 Å². The van der Waals surface area contributed by atoms with Crippen LogP contribution in [0, 0.1) is 5.92 Å². The van der Waals surface area contributed by atoms with Crippen molar-refractivity contribution in [3.63, 3.8) is 0 Å². The Balaban J connectivity index is 2.22. The minimum absolute atomic E-state index is 0.315. The van der Waals surface area contributed by atoms with E-state index < -0.39 is 12.3 Å². The largest absolute Gasteiger partial charge is 0.351 e. The molecule has 15 heavy (non-hydrogen) atoms. The molecule has 5 heteroatoms. The van der Waals surface area contributed by atoms with Crippen LogP contribution in [0.4, 0.5) is 8.78 Å². The summed E-state index contributed by atoms with van der Waals surface area (Å²) in [6.07, 6.45) is -1.92. The van der Waals surface area contributed by atoms with Gasteiger partial charge in [-0.1, -0.05) is 0 Å². The maximum Gasteiger partial charge on any atom is 0.315 e.